The van der Waals surface area contributed by atoms with Gasteiger partial charge in [0, 0.05) is 41.9 Å². The lowest BCUT2D eigenvalue weighted by atomic mass is 10.1. The van der Waals surface area contributed by atoms with Gasteiger partial charge in [-0.3, -0.25) is 14.9 Å². The summed E-state index contributed by atoms with van der Waals surface area (Å²) in [6.07, 6.45) is 0.0507. The number of non-ortho nitro benzene ring substituents is 1. The number of hydrogen-bond donors (Lipinski definition) is 1. The van der Waals surface area contributed by atoms with Crippen LogP contribution in [-0.4, -0.2) is 40.1 Å². The number of aliphatic carboxylic acids is 1. The lowest BCUT2D eigenvalue weighted by Gasteiger charge is -2.37. The lowest BCUT2D eigenvalue weighted by Crippen LogP contribution is -2.44. The van der Waals surface area contributed by atoms with Gasteiger partial charge >= 0.3 is 5.97 Å². The van der Waals surface area contributed by atoms with Crippen molar-refractivity contribution in [2.45, 2.75) is 19.4 Å². The summed E-state index contributed by atoms with van der Waals surface area (Å²) >= 11 is 1.72. The summed E-state index contributed by atoms with van der Waals surface area (Å²) in [5, 5.41) is 19.9. The largest absolute Gasteiger partial charge is 0.481 e. The van der Waals surface area contributed by atoms with E-state index in [-0.39, 0.29) is 18.2 Å². The van der Waals surface area contributed by atoms with E-state index in [0.29, 0.717) is 6.54 Å². The van der Waals surface area contributed by atoms with Crippen molar-refractivity contribution in [2.75, 3.05) is 23.0 Å². The molecule has 0 aliphatic carbocycles. The molecule has 1 aliphatic heterocycles. The molecule has 0 radical (unpaired) electrons. The number of aryl methyl sites for hydroxylation is 1. The number of rotatable bonds is 4. The molecule has 1 atom stereocenters. The van der Waals surface area contributed by atoms with E-state index >= 15 is 0 Å². The zero-order valence-corrected chi connectivity index (χ0v) is 11.9. The van der Waals surface area contributed by atoms with Crippen LogP contribution in [0.4, 0.5) is 11.4 Å². The monoisotopic (exact) mass is 296 g/mol. The first kappa shape index (κ1) is 14.6. The average molecular weight is 296 g/mol. The van der Waals surface area contributed by atoms with Crippen LogP contribution in [0.15, 0.2) is 18.2 Å². The van der Waals surface area contributed by atoms with E-state index < -0.39 is 10.9 Å². The summed E-state index contributed by atoms with van der Waals surface area (Å²) in [5.74, 6) is 0.790. The topological polar surface area (TPSA) is 83.7 Å². The fourth-order valence-corrected chi connectivity index (χ4v) is 3.43. The highest BCUT2D eigenvalue weighted by atomic mass is 32.2. The number of carboxylic acids is 1. The van der Waals surface area contributed by atoms with Gasteiger partial charge in [-0.2, -0.15) is 11.8 Å². The van der Waals surface area contributed by atoms with Crippen LogP contribution in [0.2, 0.25) is 0 Å². The molecule has 1 saturated heterocycles. The number of carboxylic acid groups (broad SMARTS) is 1. The molecule has 6 nitrogen and oxygen atoms in total. The minimum atomic E-state index is -0.842. The first-order chi connectivity index (χ1) is 9.49. The van der Waals surface area contributed by atoms with Gasteiger partial charge in [-0.1, -0.05) is 6.07 Å². The third-order valence-electron chi connectivity index (χ3n) is 3.35. The van der Waals surface area contributed by atoms with Gasteiger partial charge in [0.25, 0.3) is 5.69 Å². The van der Waals surface area contributed by atoms with Gasteiger partial charge in [-0.05, 0) is 12.5 Å². The Kier molecular flexibility index (Phi) is 4.49. The van der Waals surface area contributed by atoms with Crippen LogP contribution in [-0.2, 0) is 4.79 Å². The smallest absolute Gasteiger partial charge is 0.305 e. The van der Waals surface area contributed by atoms with E-state index in [4.69, 9.17) is 5.11 Å². The summed E-state index contributed by atoms with van der Waals surface area (Å²) in [6, 6.07) is 4.61. The number of carbonyl (C=O) groups is 1. The molecule has 0 saturated carbocycles. The summed E-state index contributed by atoms with van der Waals surface area (Å²) in [7, 11) is 0. The molecular weight excluding hydrogens is 280 g/mol. The normalized spacial score (nSPS) is 18.9. The van der Waals surface area contributed by atoms with Crippen LogP contribution in [0.5, 0.6) is 0 Å². The predicted octanol–water partition coefficient (Wildman–Crippen LogP) is 2.30. The number of nitro benzene ring substituents is 1. The zero-order valence-electron chi connectivity index (χ0n) is 11.1. The maximum atomic E-state index is 11.0. The fourth-order valence-electron chi connectivity index (χ4n) is 2.36. The molecule has 1 aromatic rings. The molecule has 1 aliphatic rings. The van der Waals surface area contributed by atoms with E-state index in [1.165, 1.54) is 6.07 Å². The van der Waals surface area contributed by atoms with Crippen LogP contribution in [0.3, 0.4) is 0 Å². The van der Waals surface area contributed by atoms with Crippen molar-refractivity contribution in [2.24, 2.45) is 0 Å². The second-order valence-corrected chi connectivity index (χ2v) is 5.90. The number of anilines is 1. The highest BCUT2D eigenvalue weighted by Gasteiger charge is 2.27. The minimum absolute atomic E-state index is 0.0397. The summed E-state index contributed by atoms with van der Waals surface area (Å²) in [5.41, 5.74) is 1.74. The van der Waals surface area contributed by atoms with Crippen LogP contribution in [0.25, 0.3) is 0 Å². The SMILES string of the molecule is Cc1ccc([N+](=O)[O-])cc1N1CCSCC1CC(=O)O. The molecule has 108 valence electrons. The van der Waals surface area contributed by atoms with Crippen molar-refractivity contribution in [1.29, 1.82) is 0 Å². The van der Waals surface area contributed by atoms with Crippen molar-refractivity contribution >= 4 is 29.1 Å². The van der Waals surface area contributed by atoms with Crippen LogP contribution >= 0.6 is 11.8 Å². The molecule has 20 heavy (non-hydrogen) atoms. The van der Waals surface area contributed by atoms with Crippen molar-refractivity contribution in [1.82, 2.24) is 0 Å². The number of nitrogens with zero attached hydrogens (tertiary/aromatic N) is 2. The Labute approximate surface area is 120 Å². The molecule has 1 N–H and O–H groups in total. The van der Waals surface area contributed by atoms with E-state index in [9.17, 15) is 14.9 Å². The Balaban J connectivity index is 2.33. The molecule has 0 amide bonds. The van der Waals surface area contributed by atoms with Gasteiger partial charge in [0.05, 0.1) is 11.3 Å². The molecule has 0 spiro atoms. The maximum Gasteiger partial charge on any atom is 0.305 e. The van der Waals surface area contributed by atoms with E-state index in [0.717, 1.165) is 22.8 Å². The van der Waals surface area contributed by atoms with Gasteiger partial charge < -0.3 is 10.0 Å². The third kappa shape index (κ3) is 3.22. The zero-order chi connectivity index (χ0) is 14.7. The molecule has 1 fully saturated rings. The average Bonchev–Trinajstić information content (AvgIpc) is 2.39. The molecule has 1 unspecified atom stereocenters. The number of benzene rings is 1. The first-order valence-corrected chi connectivity index (χ1v) is 7.45. The molecular formula is C13H16N2O4S. The number of thioether (sulfide) groups is 1. The van der Waals surface area contributed by atoms with Crippen molar-refractivity contribution in [3.05, 3.63) is 33.9 Å². The van der Waals surface area contributed by atoms with Crippen LogP contribution in [0, 0.1) is 17.0 Å². The molecule has 7 heteroatoms. The summed E-state index contributed by atoms with van der Waals surface area (Å²) < 4.78 is 0. The highest BCUT2D eigenvalue weighted by molar-refractivity contribution is 7.99. The second kappa shape index (κ2) is 6.13. The fraction of sp³-hybridized carbons (Fsp3) is 0.462. The second-order valence-electron chi connectivity index (χ2n) is 4.75. The van der Waals surface area contributed by atoms with Gasteiger partial charge in [0.2, 0.25) is 0 Å². The summed E-state index contributed by atoms with van der Waals surface area (Å²) in [6.45, 7) is 2.60. The Morgan fingerprint density at radius 3 is 3.00 bits per heavy atom. The van der Waals surface area contributed by atoms with E-state index in [1.807, 2.05) is 11.8 Å². The number of hydrogen-bond acceptors (Lipinski definition) is 5. The molecule has 2 rings (SSSR count). The van der Waals surface area contributed by atoms with Crippen LogP contribution < -0.4 is 4.90 Å². The molecule has 0 aromatic heterocycles. The standard InChI is InChI=1S/C13H16N2O4S/c1-9-2-3-10(15(18)19)6-12(9)14-4-5-20-8-11(14)7-13(16)17/h2-3,6,11H,4-5,7-8H2,1H3,(H,16,17). The molecule has 0 bridgehead atoms. The maximum absolute atomic E-state index is 11.0. The molecule has 1 heterocycles. The van der Waals surface area contributed by atoms with Crippen molar-refractivity contribution < 1.29 is 14.8 Å². The van der Waals surface area contributed by atoms with Crippen molar-refractivity contribution in [3.63, 3.8) is 0 Å². The highest BCUT2D eigenvalue weighted by Crippen LogP contribution is 2.31. The van der Waals surface area contributed by atoms with E-state index in [1.54, 1.807) is 23.9 Å². The van der Waals surface area contributed by atoms with Gasteiger partial charge in [-0.25, -0.2) is 0 Å². The number of nitro groups is 1. The quantitative estimate of drug-likeness (QED) is 0.678. The van der Waals surface area contributed by atoms with Gasteiger partial charge in [-0.15, -0.1) is 0 Å². The lowest BCUT2D eigenvalue weighted by molar-refractivity contribution is -0.384. The Morgan fingerprint density at radius 2 is 2.35 bits per heavy atom. The predicted molar refractivity (Wildman–Crippen MR) is 78.5 cm³/mol. The summed E-state index contributed by atoms with van der Waals surface area (Å²) in [4.78, 5) is 23.4. The minimum Gasteiger partial charge on any atom is -0.481 e. The Bertz CT molecular complexity index is 535. The Morgan fingerprint density at radius 1 is 1.60 bits per heavy atom. The van der Waals surface area contributed by atoms with Crippen LogP contribution in [0.1, 0.15) is 12.0 Å². The van der Waals surface area contributed by atoms with Crippen molar-refractivity contribution in [3.8, 4) is 0 Å². The van der Waals surface area contributed by atoms with Gasteiger partial charge in [0.15, 0.2) is 0 Å². The first-order valence-electron chi connectivity index (χ1n) is 6.30. The third-order valence-corrected chi connectivity index (χ3v) is 4.44. The molecule has 1 aromatic carbocycles. The van der Waals surface area contributed by atoms with Gasteiger partial charge in [0.1, 0.15) is 0 Å². The van der Waals surface area contributed by atoms with E-state index in [2.05, 4.69) is 0 Å². The Hall–Kier alpha value is -1.76.